The summed E-state index contributed by atoms with van der Waals surface area (Å²) in [6.07, 6.45) is 2.99. The van der Waals surface area contributed by atoms with Crippen LogP contribution in [0.5, 0.6) is 0 Å². The fourth-order valence-electron chi connectivity index (χ4n) is 3.77. The summed E-state index contributed by atoms with van der Waals surface area (Å²) in [7, 11) is 0. The third-order valence-electron chi connectivity index (χ3n) is 4.85. The second kappa shape index (κ2) is 6.18. The first-order valence-corrected chi connectivity index (χ1v) is 9.22. The number of nitrogens with one attached hydrogen (secondary N) is 2. The zero-order valence-electron chi connectivity index (χ0n) is 13.6. The number of benzene rings is 1. The molecule has 0 saturated heterocycles. The van der Waals surface area contributed by atoms with Gasteiger partial charge in [-0.3, -0.25) is 0 Å². The molecular weight excluding hydrogens is 322 g/mol. The van der Waals surface area contributed by atoms with Crippen LogP contribution in [0.1, 0.15) is 51.6 Å². The number of aliphatic hydroxyl groups is 1. The van der Waals surface area contributed by atoms with Crippen LogP contribution in [0.4, 0.5) is 4.79 Å². The number of urea groups is 1. The summed E-state index contributed by atoms with van der Waals surface area (Å²) in [6.45, 7) is 2.01. The quantitative estimate of drug-likeness (QED) is 0.785. The highest BCUT2D eigenvalue weighted by atomic mass is 32.1. The Morgan fingerprint density at radius 3 is 3.04 bits per heavy atom. The van der Waals surface area contributed by atoms with E-state index in [1.165, 1.54) is 4.88 Å². The normalized spacial score (nSPS) is 25.0. The minimum absolute atomic E-state index is 0.0220. The van der Waals surface area contributed by atoms with E-state index in [-0.39, 0.29) is 18.1 Å². The molecule has 2 aromatic rings. The fraction of sp³-hybridized carbons (Fsp3) is 0.444. The Morgan fingerprint density at radius 2 is 2.17 bits per heavy atom. The van der Waals surface area contributed by atoms with Gasteiger partial charge in [0.2, 0.25) is 0 Å². The second-order valence-electron chi connectivity index (χ2n) is 6.55. The van der Waals surface area contributed by atoms with Crippen molar-refractivity contribution in [3.63, 3.8) is 0 Å². The lowest BCUT2D eigenvalue weighted by molar-refractivity contribution is 0.141. The van der Waals surface area contributed by atoms with Gasteiger partial charge in [-0.05, 0) is 37.3 Å². The van der Waals surface area contributed by atoms with E-state index in [4.69, 9.17) is 0 Å². The Labute approximate surface area is 145 Å². The van der Waals surface area contributed by atoms with Gasteiger partial charge in [-0.2, -0.15) is 0 Å². The van der Waals surface area contributed by atoms with Crippen molar-refractivity contribution in [2.45, 2.75) is 50.8 Å². The van der Waals surface area contributed by atoms with Crippen LogP contribution in [0.3, 0.4) is 0 Å². The SMILES string of the molecule is Cc1nc2c(s1)[C@H](NC(=O)N[C@@H]1c3ccccc3C[C@@H]1O)CCC2. The zero-order chi connectivity index (χ0) is 16.7. The Bertz CT molecular complexity index is 773. The van der Waals surface area contributed by atoms with E-state index in [1.54, 1.807) is 11.3 Å². The monoisotopic (exact) mass is 343 g/mol. The van der Waals surface area contributed by atoms with Gasteiger partial charge < -0.3 is 15.7 Å². The number of aryl methyl sites for hydroxylation is 2. The summed E-state index contributed by atoms with van der Waals surface area (Å²) >= 11 is 1.67. The van der Waals surface area contributed by atoms with E-state index in [9.17, 15) is 9.90 Å². The van der Waals surface area contributed by atoms with Gasteiger partial charge in [-0.1, -0.05) is 24.3 Å². The van der Waals surface area contributed by atoms with Crippen LogP contribution >= 0.6 is 11.3 Å². The molecule has 0 spiro atoms. The van der Waals surface area contributed by atoms with Crippen molar-refractivity contribution in [2.24, 2.45) is 0 Å². The Hall–Kier alpha value is -1.92. The van der Waals surface area contributed by atoms with Crippen molar-refractivity contribution in [2.75, 3.05) is 0 Å². The van der Waals surface area contributed by atoms with Gasteiger partial charge >= 0.3 is 6.03 Å². The summed E-state index contributed by atoms with van der Waals surface area (Å²) in [5.74, 6) is 0. The van der Waals surface area contributed by atoms with E-state index in [0.29, 0.717) is 6.42 Å². The first kappa shape index (κ1) is 15.6. The molecule has 1 aromatic carbocycles. The number of fused-ring (bicyclic) bond motifs is 2. The van der Waals surface area contributed by atoms with Gasteiger partial charge in [0, 0.05) is 6.42 Å². The molecule has 2 amide bonds. The summed E-state index contributed by atoms with van der Waals surface area (Å²) < 4.78 is 0. The maximum atomic E-state index is 12.5. The third-order valence-corrected chi connectivity index (χ3v) is 5.98. The smallest absolute Gasteiger partial charge is 0.315 e. The molecule has 2 aliphatic carbocycles. The summed E-state index contributed by atoms with van der Waals surface area (Å²) in [5.41, 5.74) is 3.24. The molecule has 6 heteroatoms. The number of aromatic nitrogens is 1. The van der Waals surface area contributed by atoms with Crippen LogP contribution in [0.15, 0.2) is 24.3 Å². The predicted octanol–water partition coefficient (Wildman–Crippen LogP) is 2.79. The van der Waals surface area contributed by atoms with Crippen molar-refractivity contribution >= 4 is 17.4 Å². The second-order valence-corrected chi connectivity index (χ2v) is 7.79. The number of hydrogen-bond donors (Lipinski definition) is 3. The fourth-order valence-corrected chi connectivity index (χ4v) is 4.83. The zero-order valence-corrected chi connectivity index (χ0v) is 14.4. The van der Waals surface area contributed by atoms with Crippen molar-refractivity contribution in [3.8, 4) is 0 Å². The first-order chi connectivity index (χ1) is 11.6. The molecule has 126 valence electrons. The number of thiazole rings is 1. The average Bonchev–Trinajstić information content (AvgIpc) is 3.08. The lowest BCUT2D eigenvalue weighted by atomic mass is 9.98. The highest BCUT2D eigenvalue weighted by molar-refractivity contribution is 7.11. The molecule has 24 heavy (non-hydrogen) atoms. The lowest BCUT2D eigenvalue weighted by Crippen LogP contribution is -2.42. The van der Waals surface area contributed by atoms with E-state index in [1.807, 2.05) is 31.2 Å². The molecule has 3 atom stereocenters. The number of carbonyl (C=O) groups is 1. The number of hydrogen-bond acceptors (Lipinski definition) is 4. The molecule has 5 nitrogen and oxygen atoms in total. The van der Waals surface area contributed by atoms with Crippen molar-refractivity contribution in [1.82, 2.24) is 15.6 Å². The maximum Gasteiger partial charge on any atom is 0.315 e. The lowest BCUT2D eigenvalue weighted by Gasteiger charge is -2.25. The number of rotatable bonds is 2. The molecule has 0 saturated carbocycles. The van der Waals surface area contributed by atoms with Gasteiger partial charge in [0.15, 0.2) is 0 Å². The van der Waals surface area contributed by atoms with Crippen LogP contribution in [0.2, 0.25) is 0 Å². The highest BCUT2D eigenvalue weighted by Gasteiger charge is 2.33. The van der Waals surface area contributed by atoms with E-state index < -0.39 is 6.10 Å². The Kier molecular flexibility index (Phi) is 4.02. The van der Waals surface area contributed by atoms with Crippen LogP contribution in [-0.4, -0.2) is 22.2 Å². The molecule has 1 heterocycles. The molecule has 0 fully saturated rings. The number of aliphatic hydroxyl groups excluding tert-OH is 1. The first-order valence-electron chi connectivity index (χ1n) is 8.41. The molecule has 4 rings (SSSR count). The molecule has 0 bridgehead atoms. The molecule has 0 unspecified atom stereocenters. The van der Waals surface area contributed by atoms with Crippen molar-refractivity contribution in [1.29, 1.82) is 0 Å². The third kappa shape index (κ3) is 2.80. The van der Waals surface area contributed by atoms with Crippen LogP contribution in [-0.2, 0) is 12.8 Å². The minimum atomic E-state index is -0.569. The van der Waals surface area contributed by atoms with E-state index in [2.05, 4.69) is 15.6 Å². The van der Waals surface area contributed by atoms with E-state index in [0.717, 1.165) is 41.1 Å². The van der Waals surface area contributed by atoms with Crippen LogP contribution < -0.4 is 10.6 Å². The minimum Gasteiger partial charge on any atom is -0.390 e. The van der Waals surface area contributed by atoms with E-state index >= 15 is 0 Å². The van der Waals surface area contributed by atoms with Crippen LogP contribution in [0, 0.1) is 6.92 Å². The van der Waals surface area contributed by atoms with Gasteiger partial charge in [-0.15, -0.1) is 11.3 Å². The molecule has 1 aromatic heterocycles. The van der Waals surface area contributed by atoms with Gasteiger partial charge in [0.05, 0.1) is 33.8 Å². The number of nitrogens with zero attached hydrogens (tertiary/aromatic N) is 1. The summed E-state index contributed by atoms with van der Waals surface area (Å²) in [6, 6.07) is 7.34. The molecular formula is C18H21N3O2S. The predicted molar refractivity (Wildman–Crippen MR) is 93.1 cm³/mol. The summed E-state index contributed by atoms with van der Waals surface area (Å²) in [5, 5.41) is 17.4. The Morgan fingerprint density at radius 1 is 1.33 bits per heavy atom. The summed E-state index contributed by atoms with van der Waals surface area (Å²) in [4.78, 5) is 18.2. The average molecular weight is 343 g/mol. The molecule has 0 radical (unpaired) electrons. The number of carbonyl (C=O) groups excluding carboxylic acids is 1. The highest BCUT2D eigenvalue weighted by Crippen LogP contribution is 2.34. The molecule has 2 aliphatic rings. The maximum absolute atomic E-state index is 12.5. The van der Waals surface area contributed by atoms with Crippen molar-refractivity contribution in [3.05, 3.63) is 51.0 Å². The van der Waals surface area contributed by atoms with Gasteiger partial charge in [-0.25, -0.2) is 9.78 Å². The van der Waals surface area contributed by atoms with Gasteiger partial charge in [0.25, 0.3) is 0 Å². The standard InChI is InChI=1S/C18H21N3O2S/c1-10-19-13-7-4-8-14(17(13)24-10)20-18(23)21-16-12-6-3-2-5-11(12)9-15(16)22/h2-3,5-6,14-16,22H,4,7-9H2,1H3,(H2,20,21,23)/t14-,15+,16-/m1/s1. The molecule has 3 N–H and O–H groups in total. The van der Waals surface area contributed by atoms with Crippen molar-refractivity contribution < 1.29 is 9.90 Å². The largest absolute Gasteiger partial charge is 0.390 e. The van der Waals surface area contributed by atoms with Gasteiger partial charge in [0.1, 0.15) is 0 Å². The van der Waals surface area contributed by atoms with Crippen LogP contribution in [0.25, 0.3) is 0 Å². The Balaban J connectivity index is 1.46. The molecule has 0 aliphatic heterocycles. The number of amides is 2. The topological polar surface area (TPSA) is 74.2 Å².